The lowest BCUT2D eigenvalue weighted by molar-refractivity contribution is 0.686. The summed E-state index contributed by atoms with van der Waals surface area (Å²) < 4.78 is 0. The monoisotopic (exact) mass is 195 g/mol. The summed E-state index contributed by atoms with van der Waals surface area (Å²) in [6, 6.07) is 4.62. The molecular formula is C11H17NS. The van der Waals surface area contributed by atoms with Gasteiger partial charge < -0.3 is 5.73 Å². The lowest BCUT2D eigenvalue weighted by Crippen LogP contribution is -2.21. The molecule has 0 radical (unpaired) electrons. The van der Waals surface area contributed by atoms with Crippen LogP contribution < -0.4 is 5.73 Å². The van der Waals surface area contributed by atoms with E-state index in [0.29, 0.717) is 0 Å². The van der Waals surface area contributed by atoms with Gasteiger partial charge in [0.2, 0.25) is 0 Å². The van der Waals surface area contributed by atoms with Gasteiger partial charge in [0.05, 0.1) is 0 Å². The van der Waals surface area contributed by atoms with Gasteiger partial charge in [0.15, 0.2) is 0 Å². The highest BCUT2D eigenvalue weighted by atomic mass is 32.1. The van der Waals surface area contributed by atoms with Gasteiger partial charge in [-0.1, -0.05) is 13.0 Å². The molecule has 0 aliphatic rings. The molecule has 0 aliphatic carbocycles. The molecule has 0 amide bonds. The summed E-state index contributed by atoms with van der Waals surface area (Å²) in [5.74, 6) is 0. The van der Waals surface area contributed by atoms with E-state index in [-0.39, 0.29) is 6.04 Å². The van der Waals surface area contributed by atoms with E-state index < -0.39 is 0 Å². The summed E-state index contributed by atoms with van der Waals surface area (Å²) in [5, 5.41) is 0. The highest BCUT2D eigenvalue weighted by Gasteiger charge is 2.04. The van der Waals surface area contributed by atoms with Gasteiger partial charge in [-0.15, -0.1) is 17.9 Å². The third-order valence-electron chi connectivity index (χ3n) is 2.00. The first-order valence-corrected chi connectivity index (χ1v) is 5.52. The number of nitrogens with two attached hydrogens (primary N) is 1. The van der Waals surface area contributed by atoms with E-state index in [4.69, 9.17) is 5.73 Å². The van der Waals surface area contributed by atoms with Crippen LogP contribution in [-0.4, -0.2) is 6.04 Å². The molecule has 1 heterocycles. The summed E-state index contributed by atoms with van der Waals surface area (Å²) in [7, 11) is 0. The molecule has 0 fully saturated rings. The van der Waals surface area contributed by atoms with E-state index in [9.17, 15) is 0 Å². The van der Waals surface area contributed by atoms with Gasteiger partial charge in [0.1, 0.15) is 0 Å². The molecule has 1 aromatic rings. The third kappa shape index (κ3) is 3.33. The first-order chi connectivity index (χ1) is 6.26. The first-order valence-electron chi connectivity index (χ1n) is 4.70. The Bertz CT molecular complexity index is 265. The SMILES string of the molecule is C=CCC(N)Cc1ccc(CC)s1. The lowest BCUT2D eigenvalue weighted by Gasteiger charge is -2.05. The van der Waals surface area contributed by atoms with E-state index in [1.165, 1.54) is 9.75 Å². The normalized spacial score (nSPS) is 12.8. The molecule has 0 saturated carbocycles. The highest BCUT2D eigenvalue weighted by Crippen LogP contribution is 2.18. The van der Waals surface area contributed by atoms with Crippen molar-refractivity contribution in [1.82, 2.24) is 0 Å². The second-order valence-corrected chi connectivity index (χ2v) is 4.46. The van der Waals surface area contributed by atoms with Crippen molar-refractivity contribution in [3.05, 3.63) is 34.5 Å². The first kappa shape index (κ1) is 10.5. The van der Waals surface area contributed by atoms with Crippen molar-refractivity contribution in [3.63, 3.8) is 0 Å². The molecule has 1 atom stereocenters. The molecule has 0 aromatic carbocycles. The number of aryl methyl sites for hydroxylation is 1. The predicted octanol–water partition coefficient (Wildman–Crippen LogP) is 2.76. The van der Waals surface area contributed by atoms with Crippen LogP contribution in [-0.2, 0) is 12.8 Å². The zero-order valence-electron chi connectivity index (χ0n) is 8.12. The van der Waals surface area contributed by atoms with Gasteiger partial charge in [-0.05, 0) is 31.4 Å². The molecule has 2 N–H and O–H groups in total. The van der Waals surface area contributed by atoms with Gasteiger partial charge >= 0.3 is 0 Å². The zero-order valence-corrected chi connectivity index (χ0v) is 8.94. The van der Waals surface area contributed by atoms with Crippen LogP contribution in [0.5, 0.6) is 0 Å². The summed E-state index contributed by atoms with van der Waals surface area (Å²) in [6.45, 7) is 5.87. The quantitative estimate of drug-likeness (QED) is 0.718. The fourth-order valence-electron chi connectivity index (χ4n) is 1.28. The second-order valence-electron chi connectivity index (χ2n) is 3.21. The topological polar surface area (TPSA) is 26.0 Å². The number of thiophene rings is 1. The minimum atomic E-state index is 0.237. The Hall–Kier alpha value is -0.600. The van der Waals surface area contributed by atoms with Crippen LogP contribution in [0.1, 0.15) is 23.1 Å². The van der Waals surface area contributed by atoms with Crippen LogP contribution in [0.25, 0.3) is 0 Å². The maximum absolute atomic E-state index is 5.90. The van der Waals surface area contributed by atoms with E-state index >= 15 is 0 Å². The average molecular weight is 195 g/mol. The predicted molar refractivity (Wildman–Crippen MR) is 60.2 cm³/mol. The Morgan fingerprint density at radius 2 is 2.23 bits per heavy atom. The van der Waals surface area contributed by atoms with E-state index in [2.05, 4.69) is 25.6 Å². The van der Waals surface area contributed by atoms with Crippen molar-refractivity contribution in [2.45, 2.75) is 32.2 Å². The van der Waals surface area contributed by atoms with Crippen LogP contribution in [0, 0.1) is 0 Å². The van der Waals surface area contributed by atoms with Crippen LogP contribution >= 0.6 is 11.3 Å². The molecule has 13 heavy (non-hydrogen) atoms. The molecule has 0 saturated heterocycles. The number of rotatable bonds is 5. The minimum absolute atomic E-state index is 0.237. The minimum Gasteiger partial charge on any atom is -0.327 e. The zero-order chi connectivity index (χ0) is 9.68. The largest absolute Gasteiger partial charge is 0.327 e. The third-order valence-corrected chi connectivity index (χ3v) is 3.25. The van der Waals surface area contributed by atoms with E-state index in [1.807, 2.05) is 17.4 Å². The van der Waals surface area contributed by atoms with Gasteiger partial charge in [0, 0.05) is 15.8 Å². The standard InChI is InChI=1S/C11H17NS/c1-3-5-9(12)8-11-7-6-10(4-2)13-11/h3,6-7,9H,1,4-5,8,12H2,2H3. The van der Waals surface area contributed by atoms with Crippen molar-refractivity contribution >= 4 is 11.3 Å². The van der Waals surface area contributed by atoms with Crippen LogP contribution in [0.15, 0.2) is 24.8 Å². The van der Waals surface area contributed by atoms with Crippen LogP contribution in [0.4, 0.5) is 0 Å². The van der Waals surface area contributed by atoms with Crippen LogP contribution in [0.2, 0.25) is 0 Å². The number of hydrogen-bond donors (Lipinski definition) is 1. The fraction of sp³-hybridized carbons (Fsp3) is 0.455. The molecule has 1 unspecified atom stereocenters. The molecule has 72 valence electrons. The van der Waals surface area contributed by atoms with Gasteiger partial charge in [-0.25, -0.2) is 0 Å². The molecule has 0 aliphatic heterocycles. The molecular weight excluding hydrogens is 178 g/mol. The fourth-order valence-corrected chi connectivity index (χ4v) is 2.33. The maximum Gasteiger partial charge on any atom is 0.0122 e. The Kier molecular flexibility index (Phi) is 4.19. The summed E-state index contributed by atoms with van der Waals surface area (Å²) in [4.78, 5) is 2.84. The molecule has 0 spiro atoms. The smallest absolute Gasteiger partial charge is 0.0122 e. The van der Waals surface area contributed by atoms with Gasteiger partial charge in [-0.2, -0.15) is 0 Å². The Morgan fingerprint density at radius 1 is 1.54 bits per heavy atom. The van der Waals surface area contributed by atoms with Crippen molar-refractivity contribution in [2.75, 3.05) is 0 Å². The van der Waals surface area contributed by atoms with Crippen molar-refractivity contribution < 1.29 is 0 Å². The molecule has 1 rings (SSSR count). The van der Waals surface area contributed by atoms with E-state index in [1.54, 1.807) is 0 Å². The molecule has 1 aromatic heterocycles. The Balaban J connectivity index is 2.48. The van der Waals surface area contributed by atoms with Gasteiger partial charge in [-0.3, -0.25) is 0 Å². The molecule has 2 heteroatoms. The Labute approximate surface area is 84.3 Å². The average Bonchev–Trinajstić information content (AvgIpc) is 2.52. The summed E-state index contributed by atoms with van der Waals surface area (Å²) in [5.41, 5.74) is 5.90. The molecule has 1 nitrogen and oxygen atoms in total. The van der Waals surface area contributed by atoms with E-state index in [0.717, 1.165) is 19.3 Å². The second kappa shape index (κ2) is 5.20. The van der Waals surface area contributed by atoms with Crippen molar-refractivity contribution in [2.24, 2.45) is 5.73 Å². The summed E-state index contributed by atoms with van der Waals surface area (Å²) >= 11 is 1.87. The Morgan fingerprint density at radius 3 is 2.77 bits per heavy atom. The highest BCUT2D eigenvalue weighted by molar-refractivity contribution is 7.11. The van der Waals surface area contributed by atoms with Gasteiger partial charge in [0.25, 0.3) is 0 Å². The lowest BCUT2D eigenvalue weighted by atomic mass is 10.1. The van der Waals surface area contributed by atoms with Crippen molar-refractivity contribution in [3.8, 4) is 0 Å². The number of hydrogen-bond acceptors (Lipinski definition) is 2. The molecule has 0 bridgehead atoms. The van der Waals surface area contributed by atoms with Crippen molar-refractivity contribution in [1.29, 1.82) is 0 Å². The van der Waals surface area contributed by atoms with Crippen LogP contribution in [0.3, 0.4) is 0 Å². The maximum atomic E-state index is 5.90. The summed E-state index contributed by atoms with van der Waals surface area (Å²) in [6.07, 6.45) is 4.90.